The van der Waals surface area contributed by atoms with Gasteiger partial charge in [0.2, 0.25) is 0 Å². The van der Waals surface area contributed by atoms with Crippen LogP contribution < -0.4 is 26.2 Å². The highest BCUT2D eigenvalue weighted by Gasteiger charge is 2.54. The smallest absolute Gasteiger partial charge is 0.256 e. The molecule has 3 heterocycles. The number of rotatable bonds is 4. The number of hydrogen-bond acceptors (Lipinski definition) is 3. The van der Waals surface area contributed by atoms with E-state index in [1.165, 1.54) is 124 Å². The first-order valence-electron chi connectivity index (χ1n) is 29.6. The van der Waals surface area contributed by atoms with Gasteiger partial charge in [0, 0.05) is 33.6 Å². The van der Waals surface area contributed by atoms with E-state index in [1.54, 1.807) is 0 Å². The van der Waals surface area contributed by atoms with Crippen LogP contribution in [-0.2, 0) is 43.3 Å². The van der Waals surface area contributed by atoms with Gasteiger partial charge in [-0.2, -0.15) is 0 Å². The molecule has 6 aliphatic rings. The number of benzene rings is 6. The molecule has 0 bridgehead atoms. The molecule has 0 unspecified atom stereocenters. The summed E-state index contributed by atoms with van der Waals surface area (Å²) in [5.41, 5.74) is 27.0. The quantitative estimate of drug-likeness (QED) is 0.164. The first-order chi connectivity index (χ1) is 36.0. The van der Waals surface area contributed by atoms with Crippen molar-refractivity contribution in [1.29, 1.82) is 0 Å². The highest BCUT2D eigenvalue weighted by atomic mass is 16.4. The van der Waals surface area contributed by atoms with Crippen LogP contribution in [0, 0.1) is 6.92 Å². The van der Waals surface area contributed by atoms with Gasteiger partial charge in [-0.25, -0.2) is 0 Å². The summed E-state index contributed by atoms with van der Waals surface area (Å²) >= 11 is 0. The molecule has 0 N–H and O–H groups in total. The van der Waals surface area contributed by atoms with E-state index < -0.39 is 0 Å². The van der Waals surface area contributed by atoms with Crippen LogP contribution in [0.15, 0.2) is 114 Å². The fourth-order valence-corrected chi connectivity index (χ4v) is 15.8. The third-order valence-electron chi connectivity index (χ3n) is 21.3. The summed E-state index contributed by atoms with van der Waals surface area (Å²) in [6.45, 7) is 42.1. The summed E-state index contributed by atoms with van der Waals surface area (Å²) in [7, 11) is 0. The number of hydrogen-bond donors (Lipinski definition) is 0. The Morgan fingerprint density at radius 1 is 0.364 bits per heavy atom. The van der Waals surface area contributed by atoms with Crippen LogP contribution in [0.4, 0.5) is 34.3 Å². The van der Waals surface area contributed by atoms with Gasteiger partial charge in [-0.15, -0.1) is 0 Å². The Hall–Kier alpha value is -5.74. The van der Waals surface area contributed by atoms with E-state index in [4.69, 9.17) is 4.42 Å². The molecule has 4 heteroatoms. The molecule has 0 atom stereocenters. The number of furan rings is 1. The van der Waals surface area contributed by atoms with E-state index in [0.29, 0.717) is 0 Å². The van der Waals surface area contributed by atoms with Crippen LogP contribution in [0.5, 0.6) is 0 Å². The molecule has 2 aliphatic heterocycles. The second-order valence-corrected chi connectivity index (χ2v) is 30.4. The molecule has 0 radical (unpaired) electrons. The van der Waals surface area contributed by atoms with Crippen molar-refractivity contribution in [2.24, 2.45) is 0 Å². The second-order valence-electron chi connectivity index (χ2n) is 30.4. The first-order valence-corrected chi connectivity index (χ1v) is 29.6. The van der Waals surface area contributed by atoms with E-state index in [2.05, 4.69) is 237 Å². The second kappa shape index (κ2) is 16.2. The van der Waals surface area contributed by atoms with Crippen LogP contribution in [0.1, 0.15) is 212 Å². The Morgan fingerprint density at radius 2 is 0.727 bits per heavy atom. The van der Waals surface area contributed by atoms with E-state index in [1.807, 2.05) is 0 Å². The van der Waals surface area contributed by atoms with Crippen LogP contribution in [0.3, 0.4) is 0 Å². The maximum absolute atomic E-state index is 7.97. The number of aryl methyl sites for hydroxylation is 1. The minimum atomic E-state index is -0.150. The molecule has 7 aromatic rings. The Morgan fingerprint density at radius 3 is 1.18 bits per heavy atom. The van der Waals surface area contributed by atoms with Gasteiger partial charge in [-0.3, -0.25) is 4.90 Å². The molecule has 0 spiro atoms. The maximum atomic E-state index is 7.97. The van der Waals surface area contributed by atoms with Crippen LogP contribution in [0.2, 0.25) is 0 Å². The monoisotopic (exact) mass is 1020 g/mol. The van der Waals surface area contributed by atoms with Gasteiger partial charge in [0.1, 0.15) is 5.76 Å². The first kappa shape index (κ1) is 50.7. The zero-order valence-electron chi connectivity index (χ0n) is 49.9. The lowest BCUT2D eigenvalue weighted by molar-refractivity contribution is 0.280. The SMILES string of the molecule is Cc1cc2c3c(c1)N(c1cc4c(cc1-c1ccccc1)C(C)(C)CCC4(C)C)c1oc4c(c1B3c1cc3c(cc1N2c1cc2c(cc1-c1ccccc1)C(C)(C)CCC2(C)C)C(C)(C)CCC3(C)C)C(C)(C)CCC4(C)C. The standard InChI is InChI=1S/C73H85BN2O/c1-44-36-59-62-60(37-44)76(57-42-53-50(67(4,5)29-32-70(53,10)11)39-48(57)46-26-22-19-23-27-46)65-63(61-64(77-65)73(16,17)35-34-72(61,14)15)74(62)55-40-51-54(71(12,13)33-30-68(51,6)7)43-58(55)75(59)56-41-52-49(66(2,3)28-31-69(52,8)9)38-47(56)45-24-20-18-21-25-45/h18-27,36-43H,28-35H2,1-17H3. The predicted octanol–water partition coefficient (Wildman–Crippen LogP) is 18.4. The molecule has 3 nitrogen and oxygen atoms in total. The van der Waals surface area contributed by atoms with Gasteiger partial charge >= 0.3 is 0 Å². The summed E-state index contributed by atoms with van der Waals surface area (Å²) in [6, 6.07) is 43.7. The third kappa shape index (κ3) is 7.41. The van der Waals surface area contributed by atoms with E-state index >= 15 is 0 Å². The summed E-state index contributed by atoms with van der Waals surface area (Å²) in [5, 5.41) is 0. The van der Waals surface area contributed by atoms with Crippen molar-refractivity contribution >= 4 is 57.4 Å². The van der Waals surface area contributed by atoms with Crippen molar-refractivity contribution in [3.05, 3.63) is 159 Å². The molecule has 77 heavy (non-hydrogen) atoms. The normalized spacial score (nSPS) is 21.6. The molecule has 1 aromatic heterocycles. The fraction of sp³-hybridized carbons (Fsp3) is 0.452. The van der Waals surface area contributed by atoms with Gasteiger partial charge in [0.25, 0.3) is 6.71 Å². The number of anilines is 6. The largest absolute Gasteiger partial charge is 0.444 e. The molecule has 0 amide bonds. The minimum absolute atomic E-state index is 0.00565. The molecule has 396 valence electrons. The van der Waals surface area contributed by atoms with Crippen LogP contribution in [0.25, 0.3) is 22.3 Å². The molecule has 13 rings (SSSR count). The topological polar surface area (TPSA) is 19.6 Å². The number of fused-ring (bicyclic) bond motifs is 9. The average molecular weight is 1020 g/mol. The molecule has 0 fully saturated rings. The van der Waals surface area contributed by atoms with E-state index in [0.717, 1.165) is 50.8 Å². The molecular weight excluding hydrogens is 932 g/mol. The fourth-order valence-electron chi connectivity index (χ4n) is 15.8. The van der Waals surface area contributed by atoms with Gasteiger partial charge in [0.05, 0.1) is 11.4 Å². The van der Waals surface area contributed by atoms with Crippen molar-refractivity contribution in [1.82, 2.24) is 0 Å². The lowest BCUT2D eigenvalue weighted by Gasteiger charge is -2.48. The zero-order valence-corrected chi connectivity index (χ0v) is 49.9. The van der Waals surface area contributed by atoms with Crippen molar-refractivity contribution < 1.29 is 4.42 Å². The summed E-state index contributed by atoms with van der Waals surface area (Å²) in [4.78, 5) is 5.45. The zero-order chi connectivity index (χ0) is 54.5. The Kier molecular flexibility index (Phi) is 10.7. The summed E-state index contributed by atoms with van der Waals surface area (Å²) in [6.07, 6.45) is 9.11. The van der Waals surface area contributed by atoms with Crippen LogP contribution in [-0.4, -0.2) is 6.71 Å². The van der Waals surface area contributed by atoms with Gasteiger partial charge in [-0.1, -0.05) is 178 Å². The Balaban J connectivity index is 1.22. The molecule has 0 saturated heterocycles. The van der Waals surface area contributed by atoms with Crippen molar-refractivity contribution in [2.75, 3.05) is 9.80 Å². The maximum Gasteiger partial charge on any atom is 0.256 e. The molecular formula is C73H85BN2O. The van der Waals surface area contributed by atoms with Crippen molar-refractivity contribution in [3.8, 4) is 22.3 Å². The van der Waals surface area contributed by atoms with Gasteiger partial charge in [0.15, 0.2) is 5.88 Å². The van der Waals surface area contributed by atoms with Crippen LogP contribution >= 0.6 is 0 Å². The Bertz CT molecular complexity index is 3610. The average Bonchev–Trinajstić information content (AvgIpc) is 4.04. The molecule has 0 saturated carbocycles. The lowest BCUT2D eigenvalue weighted by atomic mass is 9.32. The van der Waals surface area contributed by atoms with E-state index in [9.17, 15) is 0 Å². The van der Waals surface area contributed by atoms with Crippen molar-refractivity contribution in [3.63, 3.8) is 0 Å². The number of nitrogens with zero attached hydrogens (tertiary/aromatic N) is 2. The lowest BCUT2D eigenvalue weighted by Crippen LogP contribution is -2.63. The van der Waals surface area contributed by atoms with Gasteiger partial charge < -0.3 is 9.32 Å². The summed E-state index contributed by atoms with van der Waals surface area (Å²) in [5.74, 6) is 2.18. The summed E-state index contributed by atoms with van der Waals surface area (Å²) < 4.78 is 7.97. The third-order valence-corrected chi connectivity index (χ3v) is 21.3. The minimum Gasteiger partial charge on any atom is -0.444 e. The van der Waals surface area contributed by atoms with Crippen molar-refractivity contribution in [2.45, 2.75) is 212 Å². The Labute approximate surface area is 463 Å². The highest BCUT2D eigenvalue weighted by molar-refractivity contribution is 7.00. The van der Waals surface area contributed by atoms with E-state index in [-0.39, 0.29) is 50.0 Å². The molecule has 6 aromatic carbocycles. The molecule has 4 aliphatic carbocycles. The highest BCUT2D eigenvalue weighted by Crippen LogP contribution is 2.59. The predicted molar refractivity (Wildman–Crippen MR) is 329 cm³/mol. The van der Waals surface area contributed by atoms with Gasteiger partial charge in [-0.05, 0) is 211 Å².